The van der Waals surface area contributed by atoms with Crippen LogP contribution in [0.25, 0.3) is 0 Å². The van der Waals surface area contributed by atoms with Crippen molar-refractivity contribution >= 4 is 11.6 Å². The third-order valence-electron chi connectivity index (χ3n) is 2.06. The highest BCUT2D eigenvalue weighted by atomic mass is 16.1. The normalized spacial score (nSPS) is 11.1. The average Bonchev–Trinajstić information content (AvgIpc) is 2.15. The minimum absolute atomic E-state index is 0.121. The Bertz CT molecular complexity index is 394. The predicted octanol–water partition coefficient (Wildman–Crippen LogP) is 1.81. The first-order chi connectivity index (χ1) is 7.33. The molecule has 0 aliphatic rings. The molecule has 4 heteroatoms. The Labute approximate surface area is 96.2 Å². The van der Waals surface area contributed by atoms with Gasteiger partial charge in [0.05, 0.1) is 11.3 Å². The minimum atomic E-state index is -0.257. The van der Waals surface area contributed by atoms with Crippen LogP contribution >= 0.6 is 0 Å². The molecule has 4 nitrogen and oxygen atoms in total. The van der Waals surface area contributed by atoms with E-state index < -0.39 is 0 Å². The van der Waals surface area contributed by atoms with Crippen molar-refractivity contribution in [3.8, 4) is 0 Å². The zero-order valence-corrected chi connectivity index (χ0v) is 10.2. The van der Waals surface area contributed by atoms with E-state index in [1.807, 2.05) is 39.8 Å². The molecule has 0 radical (unpaired) electrons. The molecule has 0 aliphatic heterocycles. The van der Waals surface area contributed by atoms with Gasteiger partial charge in [0.1, 0.15) is 0 Å². The summed E-state index contributed by atoms with van der Waals surface area (Å²) in [7, 11) is 0. The second kappa shape index (κ2) is 4.53. The first-order valence-corrected chi connectivity index (χ1v) is 5.23. The largest absolute Gasteiger partial charge is 0.347 e. The molecule has 88 valence electrons. The molecule has 0 aromatic heterocycles. The van der Waals surface area contributed by atoms with Gasteiger partial charge in [0, 0.05) is 5.54 Å². The third-order valence-corrected chi connectivity index (χ3v) is 2.06. The van der Waals surface area contributed by atoms with Crippen LogP contribution in [0.3, 0.4) is 0 Å². The number of carbonyl (C=O) groups is 1. The molecule has 0 atom stereocenters. The van der Waals surface area contributed by atoms with E-state index in [9.17, 15) is 4.79 Å². The summed E-state index contributed by atoms with van der Waals surface area (Å²) in [6.45, 7) is 7.76. The smallest absolute Gasteiger partial charge is 0.253 e. The van der Waals surface area contributed by atoms with Crippen molar-refractivity contribution < 1.29 is 4.79 Å². The van der Waals surface area contributed by atoms with Gasteiger partial charge in [0.25, 0.3) is 5.91 Å². The molecule has 1 amide bonds. The van der Waals surface area contributed by atoms with E-state index >= 15 is 0 Å². The Hall–Kier alpha value is -1.55. The molecule has 0 aliphatic carbocycles. The highest BCUT2D eigenvalue weighted by molar-refractivity contribution is 6.00. The molecule has 1 aromatic rings. The van der Waals surface area contributed by atoms with E-state index in [0.717, 1.165) is 5.56 Å². The summed E-state index contributed by atoms with van der Waals surface area (Å²) >= 11 is 0. The van der Waals surface area contributed by atoms with E-state index in [2.05, 4.69) is 10.7 Å². The number of nitrogen functional groups attached to an aromatic ring is 1. The lowest BCUT2D eigenvalue weighted by Crippen LogP contribution is -2.41. The van der Waals surface area contributed by atoms with Gasteiger partial charge in [-0.1, -0.05) is 11.6 Å². The molecular weight excluding hydrogens is 202 g/mol. The van der Waals surface area contributed by atoms with E-state index in [4.69, 9.17) is 5.84 Å². The molecule has 4 N–H and O–H groups in total. The van der Waals surface area contributed by atoms with Gasteiger partial charge in [0.15, 0.2) is 0 Å². The Kier molecular flexibility index (Phi) is 3.55. The highest BCUT2D eigenvalue weighted by Gasteiger charge is 2.17. The fourth-order valence-electron chi connectivity index (χ4n) is 1.38. The second-order valence-corrected chi connectivity index (χ2v) is 4.90. The van der Waals surface area contributed by atoms with Crippen LogP contribution in [0.5, 0.6) is 0 Å². The standard InChI is InChI=1S/C12H19N3O/c1-8-5-6-10(15-13)9(7-8)11(16)14-12(2,3)4/h5-7,15H,13H2,1-4H3,(H,14,16). The number of carbonyl (C=O) groups excluding carboxylic acids is 1. The minimum Gasteiger partial charge on any atom is -0.347 e. The Morgan fingerprint density at radius 1 is 1.31 bits per heavy atom. The number of amides is 1. The molecule has 0 saturated heterocycles. The summed E-state index contributed by atoms with van der Waals surface area (Å²) in [6.07, 6.45) is 0. The zero-order chi connectivity index (χ0) is 12.3. The first-order valence-electron chi connectivity index (χ1n) is 5.23. The van der Waals surface area contributed by atoms with Gasteiger partial charge in [-0.25, -0.2) is 0 Å². The SMILES string of the molecule is Cc1ccc(NN)c(C(=O)NC(C)(C)C)c1. The summed E-state index contributed by atoms with van der Waals surface area (Å²) in [6, 6.07) is 5.52. The van der Waals surface area contributed by atoms with Crippen LogP contribution in [0.4, 0.5) is 5.69 Å². The lowest BCUT2D eigenvalue weighted by Gasteiger charge is -2.21. The van der Waals surface area contributed by atoms with Crippen LogP contribution < -0.4 is 16.6 Å². The molecular formula is C12H19N3O. The monoisotopic (exact) mass is 221 g/mol. The molecule has 0 bridgehead atoms. The van der Waals surface area contributed by atoms with E-state index in [-0.39, 0.29) is 11.4 Å². The van der Waals surface area contributed by atoms with Crippen molar-refractivity contribution in [1.29, 1.82) is 0 Å². The molecule has 1 rings (SSSR count). The van der Waals surface area contributed by atoms with Gasteiger partial charge in [0.2, 0.25) is 0 Å². The summed E-state index contributed by atoms with van der Waals surface area (Å²) in [5.41, 5.74) is 4.50. The number of hydrogen-bond acceptors (Lipinski definition) is 3. The first kappa shape index (κ1) is 12.5. The maximum absolute atomic E-state index is 12.0. The Morgan fingerprint density at radius 3 is 2.44 bits per heavy atom. The maximum Gasteiger partial charge on any atom is 0.253 e. The van der Waals surface area contributed by atoms with Crippen LogP contribution in [0, 0.1) is 6.92 Å². The van der Waals surface area contributed by atoms with Crippen molar-refractivity contribution in [2.45, 2.75) is 33.2 Å². The van der Waals surface area contributed by atoms with E-state index in [0.29, 0.717) is 11.3 Å². The number of nitrogens with one attached hydrogen (secondary N) is 2. The van der Waals surface area contributed by atoms with Crippen molar-refractivity contribution in [3.63, 3.8) is 0 Å². The summed E-state index contributed by atoms with van der Waals surface area (Å²) < 4.78 is 0. The fourth-order valence-corrected chi connectivity index (χ4v) is 1.38. The van der Waals surface area contributed by atoms with Gasteiger partial charge >= 0.3 is 0 Å². The van der Waals surface area contributed by atoms with Crippen LogP contribution in [-0.4, -0.2) is 11.4 Å². The number of aryl methyl sites for hydroxylation is 1. The molecule has 0 spiro atoms. The molecule has 0 fully saturated rings. The van der Waals surface area contributed by atoms with Crippen molar-refractivity contribution in [3.05, 3.63) is 29.3 Å². The average molecular weight is 221 g/mol. The van der Waals surface area contributed by atoms with Gasteiger partial charge in [-0.05, 0) is 39.8 Å². The molecule has 1 aromatic carbocycles. The molecule has 16 heavy (non-hydrogen) atoms. The van der Waals surface area contributed by atoms with Crippen molar-refractivity contribution in [2.75, 3.05) is 5.43 Å². The lowest BCUT2D eigenvalue weighted by atomic mass is 10.1. The van der Waals surface area contributed by atoms with E-state index in [1.54, 1.807) is 6.07 Å². The van der Waals surface area contributed by atoms with Crippen LogP contribution in [-0.2, 0) is 0 Å². The fraction of sp³-hybridized carbons (Fsp3) is 0.417. The number of benzene rings is 1. The van der Waals surface area contributed by atoms with Gasteiger partial charge in [-0.15, -0.1) is 0 Å². The third kappa shape index (κ3) is 3.24. The maximum atomic E-state index is 12.0. The molecule has 0 saturated carbocycles. The van der Waals surface area contributed by atoms with Crippen LogP contribution in [0.2, 0.25) is 0 Å². The number of hydrogen-bond donors (Lipinski definition) is 3. The van der Waals surface area contributed by atoms with Gasteiger partial charge in [-0.2, -0.15) is 0 Å². The summed E-state index contributed by atoms with van der Waals surface area (Å²) in [5, 5.41) is 2.90. The number of anilines is 1. The zero-order valence-electron chi connectivity index (χ0n) is 10.2. The lowest BCUT2D eigenvalue weighted by molar-refractivity contribution is 0.0920. The highest BCUT2D eigenvalue weighted by Crippen LogP contribution is 2.17. The summed E-state index contributed by atoms with van der Waals surface area (Å²) in [4.78, 5) is 12.0. The van der Waals surface area contributed by atoms with E-state index in [1.165, 1.54) is 0 Å². The van der Waals surface area contributed by atoms with Crippen LogP contribution in [0.1, 0.15) is 36.7 Å². The van der Waals surface area contributed by atoms with Gasteiger partial charge < -0.3 is 10.7 Å². The van der Waals surface area contributed by atoms with Gasteiger partial charge in [-0.3, -0.25) is 10.6 Å². The molecule has 0 unspecified atom stereocenters. The second-order valence-electron chi connectivity index (χ2n) is 4.90. The van der Waals surface area contributed by atoms with Crippen molar-refractivity contribution in [1.82, 2.24) is 5.32 Å². The molecule has 0 heterocycles. The van der Waals surface area contributed by atoms with Crippen molar-refractivity contribution in [2.24, 2.45) is 5.84 Å². The van der Waals surface area contributed by atoms with Crippen LogP contribution in [0.15, 0.2) is 18.2 Å². The quantitative estimate of drug-likeness (QED) is 0.527. The topological polar surface area (TPSA) is 67.1 Å². The predicted molar refractivity (Wildman–Crippen MR) is 66.2 cm³/mol. The Balaban J connectivity index is 3.02. The summed E-state index contributed by atoms with van der Waals surface area (Å²) in [5.74, 6) is 5.25. The Morgan fingerprint density at radius 2 is 1.94 bits per heavy atom. The number of nitrogens with two attached hydrogens (primary N) is 1. The number of hydrazine groups is 1. The number of rotatable bonds is 2.